The average molecular weight is 238 g/mol. The number of carbonyl (C=O) groups excluding carboxylic acids is 1. The third kappa shape index (κ3) is 2.31. The van der Waals surface area contributed by atoms with E-state index >= 15 is 0 Å². The van der Waals surface area contributed by atoms with Gasteiger partial charge in [-0.2, -0.15) is 0 Å². The maximum atomic E-state index is 13.0. The molecule has 0 heterocycles. The van der Waals surface area contributed by atoms with Crippen molar-refractivity contribution >= 4 is 5.97 Å². The zero-order chi connectivity index (χ0) is 12.5. The minimum absolute atomic E-state index is 0.275. The highest BCUT2D eigenvalue weighted by Gasteiger charge is 2.48. The van der Waals surface area contributed by atoms with Crippen LogP contribution in [-0.4, -0.2) is 17.7 Å². The number of hydrogen-bond acceptors (Lipinski definition) is 3. The Morgan fingerprint density at radius 2 is 2.29 bits per heavy atom. The van der Waals surface area contributed by atoms with Crippen molar-refractivity contribution in [1.82, 2.24) is 0 Å². The van der Waals surface area contributed by atoms with E-state index in [1.54, 1.807) is 19.1 Å². The van der Waals surface area contributed by atoms with Crippen LogP contribution >= 0.6 is 0 Å². The summed E-state index contributed by atoms with van der Waals surface area (Å²) in [5, 5.41) is 10.2. The van der Waals surface area contributed by atoms with Crippen LogP contribution < -0.4 is 0 Å². The molecule has 1 aromatic rings. The Morgan fingerprint density at radius 3 is 2.88 bits per heavy atom. The molecule has 1 aromatic carbocycles. The van der Waals surface area contributed by atoms with Gasteiger partial charge < -0.3 is 9.84 Å². The van der Waals surface area contributed by atoms with Crippen molar-refractivity contribution in [3.63, 3.8) is 0 Å². The lowest BCUT2D eigenvalue weighted by atomic mass is 9.67. The van der Waals surface area contributed by atoms with E-state index in [4.69, 9.17) is 4.74 Å². The minimum Gasteiger partial charge on any atom is -0.466 e. The summed E-state index contributed by atoms with van der Waals surface area (Å²) >= 11 is 0. The Kier molecular flexibility index (Phi) is 3.15. The summed E-state index contributed by atoms with van der Waals surface area (Å²) in [6.45, 7) is 2.09. The lowest BCUT2D eigenvalue weighted by Gasteiger charge is -2.42. The molecule has 0 unspecified atom stereocenters. The highest BCUT2D eigenvalue weighted by Crippen LogP contribution is 2.46. The molecule has 17 heavy (non-hydrogen) atoms. The number of benzene rings is 1. The molecule has 1 fully saturated rings. The fraction of sp³-hybridized carbons (Fsp3) is 0.462. The number of esters is 1. The zero-order valence-electron chi connectivity index (χ0n) is 9.65. The van der Waals surface area contributed by atoms with Gasteiger partial charge in [0.2, 0.25) is 0 Å². The second-order valence-electron chi connectivity index (χ2n) is 4.40. The van der Waals surface area contributed by atoms with E-state index < -0.39 is 5.60 Å². The lowest BCUT2D eigenvalue weighted by molar-refractivity contribution is -0.165. The summed E-state index contributed by atoms with van der Waals surface area (Å²) in [6, 6.07) is 5.86. The zero-order valence-corrected chi connectivity index (χ0v) is 9.65. The summed E-state index contributed by atoms with van der Waals surface area (Å²) in [6.07, 6.45) is 0.602. The largest absolute Gasteiger partial charge is 0.466 e. The summed E-state index contributed by atoms with van der Waals surface area (Å²) in [7, 11) is 0. The maximum absolute atomic E-state index is 13.0. The number of hydrogen-bond donors (Lipinski definition) is 1. The molecule has 0 saturated heterocycles. The van der Waals surface area contributed by atoms with E-state index in [2.05, 4.69) is 0 Å². The van der Waals surface area contributed by atoms with Crippen LogP contribution in [0.1, 0.15) is 25.3 Å². The molecule has 0 bridgehead atoms. The predicted molar refractivity (Wildman–Crippen MR) is 59.7 cm³/mol. The van der Waals surface area contributed by atoms with Crippen molar-refractivity contribution in [3.05, 3.63) is 35.6 Å². The van der Waals surface area contributed by atoms with Crippen molar-refractivity contribution in [2.24, 2.45) is 5.92 Å². The van der Waals surface area contributed by atoms with Gasteiger partial charge in [-0.15, -0.1) is 0 Å². The average Bonchev–Trinajstić information content (AvgIpc) is 2.25. The Bertz CT molecular complexity index is 424. The van der Waals surface area contributed by atoms with Crippen LogP contribution in [0.4, 0.5) is 4.39 Å². The first kappa shape index (κ1) is 12.0. The van der Waals surface area contributed by atoms with Crippen LogP contribution in [0.2, 0.25) is 0 Å². The molecule has 0 radical (unpaired) electrons. The first-order valence-corrected chi connectivity index (χ1v) is 5.70. The Balaban J connectivity index is 2.03. The first-order valence-electron chi connectivity index (χ1n) is 5.70. The maximum Gasteiger partial charge on any atom is 0.309 e. The topological polar surface area (TPSA) is 46.5 Å². The first-order chi connectivity index (χ1) is 8.05. The van der Waals surface area contributed by atoms with Gasteiger partial charge in [-0.25, -0.2) is 4.39 Å². The normalized spacial score (nSPS) is 27.4. The number of rotatable bonds is 3. The molecule has 0 aromatic heterocycles. The molecule has 4 heteroatoms. The van der Waals surface area contributed by atoms with Crippen LogP contribution in [0.3, 0.4) is 0 Å². The highest BCUT2D eigenvalue weighted by atomic mass is 19.1. The Hall–Kier alpha value is -1.42. The van der Waals surface area contributed by atoms with Gasteiger partial charge in [0, 0.05) is 0 Å². The van der Waals surface area contributed by atoms with Crippen LogP contribution in [0.5, 0.6) is 0 Å². The summed E-state index contributed by atoms with van der Waals surface area (Å²) < 4.78 is 17.9. The summed E-state index contributed by atoms with van der Waals surface area (Å²) in [5.41, 5.74) is -0.558. The number of carbonyl (C=O) groups is 1. The van der Waals surface area contributed by atoms with Gasteiger partial charge in [-0.1, -0.05) is 12.1 Å². The SMILES string of the molecule is CCOC(=O)C1CC(O)(c2cccc(F)c2)C1. The van der Waals surface area contributed by atoms with Crippen molar-refractivity contribution in [3.8, 4) is 0 Å². The van der Waals surface area contributed by atoms with Gasteiger partial charge in [-0.05, 0) is 37.5 Å². The third-order valence-electron chi connectivity index (χ3n) is 3.15. The fourth-order valence-electron chi connectivity index (χ4n) is 2.20. The molecule has 0 spiro atoms. The molecule has 92 valence electrons. The summed E-state index contributed by atoms with van der Waals surface area (Å²) in [5.74, 6) is -0.938. The van der Waals surface area contributed by atoms with Gasteiger partial charge in [-0.3, -0.25) is 4.79 Å². The van der Waals surface area contributed by atoms with Crippen molar-refractivity contribution in [2.45, 2.75) is 25.4 Å². The van der Waals surface area contributed by atoms with Crippen LogP contribution in [0.25, 0.3) is 0 Å². The minimum atomic E-state index is -1.08. The van der Waals surface area contributed by atoms with Gasteiger partial charge in [0.25, 0.3) is 0 Å². The monoisotopic (exact) mass is 238 g/mol. The molecule has 0 aliphatic heterocycles. The molecule has 2 rings (SSSR count). The van der Waals surface area contributed by atoms with E-state index in [1.165, 1.54) is 12.1 Å². The number of ether oxygens (including phenoxy) is 1. The molecule has 1 aliphatic rings. The fourth-order valence-corrected chi connectivity index (χ4v) is 2.20. The van der Waals surface area contributed by atoms with Crippen LogP contribution in [-0.2, 0) is 15.1 Å². The van der Waals surface area contributed by atoms with E-state index in [0.717, 1.165) is 0 Å². The highest BCUT2D eigenvalue weighted by molar-refractivity contribution is 5.74. The van der Waals surface area contributed by atoms with Crippen molar-refractivity contribution < 1.29 is 19.0 Å². The standard InChI is InChI=1S/C13H15FO3/c1-2-17-12(15)9-7-13(16,8-9)10-4-3-5-11(14)6-10/h3-6,9,16H,2,7-8H2,1H3. The van der Waals surface area contributed by atoms with E-state index in [1.807, 2.05) is 0 Å². The molecular formula is C13H15FO3. The molecule has 1 saturated carbocycles. The molecule has 1 aliphatic carbocycles. The molecule has 1 N–H and O–H groups in total. The summed E-state index contributed by atoms with van der Waals surface area (Å²) in [4.78, 5) is 11.4. The van der Waals surface area contributed by atoms with Gasteiger partial charge in [0.1, 0.15) is 5.82 Å². The van der Waals surface area contributed by atoms with Gasteiger partial charge in [0.05, 0.1) is 18.1 Å². The van der Waals surface area contributed by atoms with Crippen molar-refractivity contribution in [2.75, 3.05) is 6.61 Å². The van der Waals surface area contributed by atoms with Gasteiger partial charge in [0.15, 0.2) is 0 Å². The third-order valence-corrected chi connectivity index (χ3v) is 3.15. The Morgan fingerprint density at radius 1 is 1.59 bits per heavy atom. The van der Waals surface area contributed by atoms with Crippen LogP contribution in [0.15, 0.2) is 24.3 Å². The molecule has 0 atom stereocenters. The van der Waals surface area contributed by atoms with Gasteiger partial charge >= 0.3 is 5.97 Å². The molecular weight excluding hydrogens is 223 g/mol. The smallest absolute Gasteiger partial charge is 0.309 e. The molecule has 0 amide bonds. The number of aliphatic hydroxyl groups is 1. The second kappa shape index (κ2) is 4.45. The Labute approximate surface area is 99.2 Å². The van der Waals surface area contributed by atoms with Crippen LogP contribution in [0, 0.1) is 11.7 Å². The van der Waals surface area contributed by atoms with E-state index in [0.29, 0.717) is 25.0 Å². The van der Waals surface area contributed by atoms with E-state index in [-0.39, 0.29) is 17.7 Å². The second-order valence-corrected chi connectivity index (χ2v) is 4.40. The van der Waals surface area contributed by atoms with Crippen molar-refractivity contribution in [1.29, 1.82) is 0 Å². The predicted octanol–water partition coefficient (Wildman–Crippen LogP) is 1.99. The lowest BCUT2D eigenvalue weighted by Crippen LogP contribution is -2.45. The molecule has 3 nitrogen and oxygen atoms in total. The van der Waals surface area contributed by atoms with E-state index in [9.17, 15) is 14.3 Å². The number of halogens is 1. The quantitative estimate of drug-likeness (QED) is 0.819.